The first-order valence-corrected chi connectivity index (χ1v) is 9.85. The molecule has 0 unspecified atom stereocenters. The molecule has 26 heavy (non-hydrogen) atoms. The van der Waals surface area contributed by atoms with Gasteiger partial charge in [0, 0.05) is 44.5 Å². The molecule has 2 aromatic heterocycles. The van der Waals surface area contributed by atoms with Crippen LogP contribution < -0.4 is 0 Å². The Bertz CT molecular complexity index is 793. The first-order valence-electron chi connectivity index (χ1n) is 9.85. The fraction of sp³-hybridized carbons (Fsp3) is 0.650. The van der Waals surface area contributed by atoms with Gasteiger partial charge in [0.15, 0.2) is 0 Å². The molecule has 2 aliphatic rings. The van der Waals surface area contributed by atoms with Crippen molar-refractivity contribution in [3.8, 4) is 0 Å². The fourth-order valence-electron chi connectivity index (χ4n) is 4.15. The van der Waals surface area contributed by atoms with Gasteiger partial charge in [-0.05, 0) is 57.9 Å². The van der Waals surface area contributed by atoms with Crippen LogP contribution in [-0.4, -0.2) is 43.2 Å². The zero-order chi connectivity index (χ0) is 18.3. The lowest BCUT2D eigenvalue weighted by atomic mass is 9.93. The highest BCUT2D eigenvalue weighted by molar-refractivity contribution is 5.92. The Balaban J connectivity index is 1.31. The highest BCUT2D eigenvalue weighted by Crippen LogP contribution is 2.39. The normalized spacial score (nSPS) is 18.5. The number of hydrogen-bond donors (Lipinski definition) is 0. The standard InChI is InChI=1S/C20H29N5O/c1-14-12-18(23(3)22-14)20(26)24-9-6-16(7-10-24)8-11-25-15(2)13-21-19(25)17-4-5-17/h12-13,16-17H,4-11H2,1-3H3. The summed E-state index contributed by atoms with van der Waals surface area (Å²) < 4.78 is 4.12. The summed E-state index contributed by atoms with van der Waals surface area (Å²) in [5, 5.41) is 4.30. The van der Waals surface area contributed by atoms with Crippen LogP contribution in [-0.2, 0) is 13.6 Å². The summed E-state index contributed by atoms with van der Waals surface area (Å²) in [6, 6.07) is 1.88. The maximum Gasteiger partial charge on any atom is 0.272 e. The highest BCUT2D eigenvalue weighted by Gasteiger charge is 2.29. The van der Waals surface area contributed by atoms with E-state index in [1.165, 1.54) is 30.8 Å². The molecule has 0 atom stereocenters. The molecule has 0 bridgehead atoms. The van der Waals surface area contributed by atoms with Crippen LogP contribution in [0, 0.1) is 19.8 Å². The number of likely N-dealkylation sites (tertiary alicyclic amines) is 1. The van der Waals surface area contributed by atoms with Crippen LogP contribution in [0.2, 0.25) is 0 Å². The van der Waals surface area contributed by atoms with Crippen molar-refractivity contribution in [3.05, 3.63) is 35.2 Å². The second-order valence-corrected chi connectivity index (χ2v) is 8.00. The lowest BCUT2D eigenvalue weighted by Gasteiger charge is -2.32. The van der Waals surface area contributed by atoms with Gasteiger partial charge in [-0.1, -0.05) is 0 Å². The van der Waals surface area contributed by atoms with E-state index in [2.05, 4.69) is 21.6 Å². The van der Waals surface area contributed by atoms with E-state index >= 15 is 0 Å². The summed E-state index contributed by atoms with van der Waals surface area (Å²) in [5.74, 6) is 2.81. The van der Waals surface area contributed by atoms with Crippen molar-refractivity contribution in [2.45, 2.75) is 58.4 Å². The maximum absolute atomic E-state index is 12.7. The molecule has 0 N–H and O–H groups in total. The number of carbonyl (C=O) groups is 1. The van der Waals surface area contributed by atoms with Gasteiger partial charge in [-0.2, -0.15) is 5.10 Å². The number of amides is 1. The second kappa shape index (κ2) is 6.89. The predicted molar refractivity (Wildman–Crippen MR) is 100 cm³/mol. The average molecular weight is 355 g/mol. The molecule has 6 nitrogen and oxygen atoms in total. The molecule has 1 saturated heterocycles. The SMILES string of the molecule is Cc1cc(C(=O)N2CCC(CCn3c(C)cnc3C3CC3)CC2)n(C)n1. The van der Waals surface area contributed by atoms with Gasteiger partial charge in [0.2, 0.25) is 0 Å². The number of hydrogen-bond acceptors (Lipinski definition) is 3. The molecule has 1 aliphatic carbocycles. The van der Waals surface area contributed by atoms with Crippen molar-refractivity contribution in [1.29, 1.82) is 0 Å². The van der Waals surface area contributed by atoms with Gasteiger partial charge in [0.25, 0.3) is 5.91 Å². The Morgan fingerprint density at radius 1 is 1.19 bits per heavy atom. The second-order valence-electron chi connectivity index (χ2n) is 8.00. The number of piperidine rings is 1. The van der Waals surface area contributed by atoms with Crippen molar-refractivity contribution in [1.82, 2.24) is 24.2 Å². The number of carbonyl (C=O) groups excluding carboxylic acids is 1. The van der Waals surface area contributed by atoms with Crippen LogP contribution in [0.1, 0.15) is 65.7 Å². The molecule has 1 amide bonds. The van der Waals surface area contributed by atoms with Crippen molar-refractivity contribution in [2.75, 3.05) is 13.1 Å². The Hall–Kier alpha value is -2.11. The monoisotopic (exact) mass is 355 g/mol. The average Bonchev–Trinajstić information content (AvgIpc) is 3.33. The summed E-state index contributed by atoms with van der Waals surface area (Å²) in [4.78, 5) is 19.3. The van der Waals surface area contributed by atoms with Crippen LogP contribution in [0.25, 0.3) is 0 Å². The summed E-state index contributed by atoms with van der Waals surface area (Å²) in [6.07, 6.45) is 7.98. The fourth-order valence-corrected chi connectivity index (χ4v) is 4.15. The first-order chi connectivity index (χ1) is 12.5. The smallest absolute Gasteiger partial charge is 0.272 e. The lowest BCUT2D eigenvalue weighted by Crippen LogP contribution is -2.39. The van der Waals surface area contributed by atoms with E-state index in [9.17, 15) is 4.79 Å². The van der Waals surface area contributed by atoms with Gasteiger partial charge in [-0.15, -0.1) is 0 Å². The first kappa shape index (κ1) is 17.3. The molecule has 0 radical (unpaired) electrons. The van der Waals surface area contributed by atoms with E-state index in [0.29, 0.717) is 17.5 Å². The minimum absolute atomic E-state index is 0.119. The topological polar surface area (TPSA) is 56.0 Å². The highest BCUT2D eigenvalue weighted by atomic mass is 16.2. The Morgan fingerprint density at radius 2 is 1.92 bits per heavy atom. The number of aryl methyl sites for hydroxylation is 3. The van der Waals surface area contributed by atoms with E-state index in [4.69, 9.17) is 0 Å². The van der Waals surface area contributed by atoms with Crippen LogP contribution in [0.4, 0.5) is 0 Å². The zero-order valence-corrected chi connectivity index (χ0v) is 16.1. The number of aromatic nitrogens is 4. The van der Waals surface area contributed by atoms with E-state index in [1.807, 2.05) is 31.1 Å². The summed E-state index contributed by atoms with van der Waals surface area (Å²) in [6.45, 7) is 6.86. The van der Waals surface area contributed by atoms with Crippen LogP contribution in [0.15, 0.2) is 12.3 Å². The molecule has 6 heteroatoms. The van der Waals surface area contributed by atoms with Gasteiger partial charge < -0.3 is 9.47 Å². The van der Waals surface area contributed by atoms with Crippen LogP contribution in [0.3, 0.4) is 0 Å². The molecule has 1 aliphatic heterocycles. The summed E-state index contributed by atoms with van der Waals surface area (Å²) in [5.41, 5.74) is 2.88. The van der Waals surface area contributed by atoms with E-state index in [0.717, 1.165) is 38.2 Å². The predicted octanol–water partition coefficient (Wildman–Crippen LogP) is 3.05. The third kappa shape index (κ3) is 3.41. The maximum atomic E-state index is 12.7. The Morgan fingerprint density at radius 3 is 2.54 bits per heavy atom. The molecular weight excluding hydrogens is 326 g/mol. The number of nitrogens with zero attached hydrogens (tertiary/aromatic N) is 5. The van der Waals surface area contributed by atoms with Crippen molar-refractivity contribution in [2.24, 2.45) is 13.0 Å². The minimum Gasteiger partial charge on any atom is -0.337 e. The van der Waals surface area contributed by atoms with Gasteiger partial charge in [-0.25, -0.2) is 4.98 Å². The largest absolute Gasteiger partial charge is 0.337 e. The van der Waals surface area contributed by atoms with Crippen LogP contribution >= 0.6 is 0 Å². The number of imidazole rings is 1. The van der Waals surface area contributed by atoms with E-state index in [-0.39, 0.29) is 5.91 Å². The molecule has 3 heterocycles. The van der Waals surface area contributed by atoms with E-state index < -0.39 is 0 Å². The summed E-state index contributed by atoms with van der Waals surface area (Å²) >= 11 is 0. The molecular formula is C20H29N5O. The van der Waals surface area contributed by atoms with Crippen molar-refractivity contribution in [3.63, 3.8) is 0 Å². The molecule has 0 spiro atoms. The third-order valence-corrected chi connectivity index (χ3v) is 5.91. The Kier molecular flexibility index (Phi) is 4.59. The molecule has 2 aromatic rings. The van der Waals surface area contributed by atoms with Crippen molar-refractivity contribution >= 4 is 5.91 Å². The lowest BCUT2D eigenvalue weighted by molar-refractivity contribution is 0.0673. The molecule has 0 aromatic carbocycles. The Labute approximate surface area is 155 Å². The molecule has 140 valence electrons. The van der Waals surface area contributed by atoms with Gasteiger partial charge in [-0.3, -0.25) is 9.48 Å². The van der Waals surface area contributed by atoms with E-state index in [1.54, 1.807) is 4.68 Å². The quantitative estimate of drug-likeness (QED) is 0.828. The summed E-state index contributed by atoms with van der Waals surface area (Å²) in [7, 11) is 1.85. The van der Waals surface area contributed by atoms with Gasteiger partial charge in [0.1, 0.15) is 11.5 Å². The van der Waals surface area contributed by atoms with Gasteiger partial charge >= 0.3 is 0 Å². The van der Waals surface area contributed by atoms with Gasteiger partial charge in [0.05, 0.1) is 5.69 Å². The molecule has 4 rings (SSSR count). The third-order valence-electron chi connectivity index (χ3n) is 5.91. The minimum atomic E-state index is 0.119. The molecule has 2 fully saturated rings. The van der Waals surface area contributed by atoms with Crippen LogP contribution in [0.5, 0.6) is 0 Å². The van der Waals surface area contributed by atoms with Crippen molar-refractivity contribution < 1.29 is 4.79 Å². The molecule has 1 saturated carbocycles. The zero-order valence-electron chi connectivity index (χ0n) is 16.1. The number of rotatable bonds is 5.